The first-order valence-corrected chi connectivity index (χ1v) is 6.37. The average Bonchev–Trinajstić information content (AvgIpc) is 3.02. The molecule has 2 aromatic heterocycles. The number of anilines is 1. The molecule has 0 spiro atoms. The van der Waals surface area contributed by atoms with Crippen LogP contribution in [0.4, 0.5) is 5.69 Å². The first-order valence-electron chi connectivity index (χ1n) is 5.99. The van der Waals surface area contributed by atoms with E-state index < -0.39 is 0 Å². The van der Waals surface area contributed by atoms with E-state index >= 15 is 0 Å². The standard InChI is InChI=1S/C13H9ClN6O/c14-9-4-5-15-11(7-9)13(21)16-10-3-1-2-8(6-10)12-17-19-20-18-12/h1-7H,(H,16,21)(H,17,18,19,20). The Morgan fingerprint density at radius 1 is 1.24 bits per heavy atom. The van der Waals surface area contributed by atoms with E-state index in [0.717, 1.165) is 5.56 Å². The second-order valence-electron chi connectivity index (χ2n) is 4.13. The fraction of sp³-hybridized carbons (Fsp3) is 0. The summed E-state index contributed by atoms with van der Waals surface area (Å²) in [5, 5.41) is 16.8. The highest BCUT2D eigenvalue weighted by molar-refractivity contribution is 6.30. The van der Waals surface area contributed by atoms with E-state index in [0.29, 0.717) is 16.5 Å². The molecule has 2 heterocycles. The molecule has 0 saturated carbocycles. The number of amides is 1. The molecule has 0 unspecified atom stereocenters. The molecule has 0 saturated heterocycles. The van der Waals surface area contributed by atoms with Crippen molar-refractivity contribution in [2.75, 3.05) is 5.32 Å². The number of aromatic nitrogens is 5. The monoisotopic (exact) mass is 300 g/mol. The van der Waals surface area contributed by atoms with E-state index in [9.17, 15) is 4.79 Å². The molecule has 104 valence electrons. The molecule has 0 bridgehead atoms. The molecule has 3 rings (SSSR count). The van der Waals surface area contributed by atoms with E-state index in [1.54, 1.807) is 24.3 Å². The van der Waals surface area contributed by atoms with Crippen LogP contribution in [0.3, 0.4) is 0 Å². The number of carbonyl (C=O) groups is 1. The summed E-state index contributed by atoms with van der Waals surface area (Å²) in [6, 6.07) is 10.2. The number of rotatable bonds is 3. The van der Waals surface area contributed by atoms with Gasteiger partial charge in [0.2, 0.25) is 5.82 Å². The van der Waals surface area contributed by atoms with Crippen molar-refractivity contribution in [1.29, 1.82) is 0 Å². The fourth-order valence-electron chi connectivity index (χ4n) is 1.74. The lowest BCUT2D eigenvalue weighted by molar-refractivity contribution is 0.102. The molecule has 7 nitrogen and oxygen atoms in total. The second kappa shape index (κ2) is 5.68. The lowest BCUT2D eigenvalue weighted by Crippen LogP contribution is -2.13. The number of hydrogen-bond donors (Lipinski definition) is 2. The molecule has 2 N–H and O–H groups in total. The third kappa shape index (κ3) is 3.03. The molecule has 0 aliphatic rings. The number of pyridine rings is 1. The lowest BCUT2D eigenvalue weighted by atomic mass is 10.2. The molecule has 1 amide bonds. The highest BCUT2D eigenvalue weighted by atomic mass is 35.5. The van der Waals surface area contributed by atoms with Gasteiger partial charge in [-0.3, -0.25) is 9.78 Å². The third-order valence-corrected chi connectivity index (χ3v) is 2.91. The van der Waals surface area contributed by atoms with Crippen LogP contribution in [-0.4, -0.2) is 31.5 Å². The summed E-state index contributed by atoms with van der Waals surface area (Å²) >= 11 is 5.84. The van der Waals surface area contributed by atoms with E-state index in [1.165, 1.54) is 12.3 Å². The van der Waals surface area contributed by atoms with Crippen LogP contribution in [0.2, 0.25) is 5.02 Å². The number of benzene rings is 1. The number of tetrazole rings is 1. The van der Waals surface area contributed by atoms with Gasteiger partial charge in [-0.1, -0.05) is 23.7 Å². The quantitative estimate of drug-likeness (QED) is 0.772. The van der Waals surface area contributed by atoms with Gasteiger partial charge in [0.15, 0.2) is 0 Å². The average molecular weight is 301 g/mol. The molecule has 3 aromatic rings. The number of H-pyrrole nitrogens is 1. The molecule has 21 heavy (non-hydrogen) atoms. The topological polar surface area (TPSA) is 96.5 Å². The van der Waals surface area contributed by atoms with Gasteiger partial charge in [-0.15, -0.1) is 10.2 Å². The third-order valence-electron chi connectivity index (χ3n) is 2.68. The van der Waals surface area contributed by atoms with Gasteiger partial charge in [-0.2, -0.15) is 5.21 Å². The summed E-state index contributed by atoms with van der Waals surface area (Å²) in [6.07, 6.45) is 1.48. The van der Waals surface area contributed by atoms with Crippen LogP contribution in [0.1, 0.15) is 10.5 Å². The van der Waals surface area contributed by atoms with Crippen LogP contribution >= 0.6 is 11.6 Å². The molecule has 0 aliphatic heterocycles. The van der Waals surface area contributed by atoms with Gasteiger partial charge in [-0.05, 0) is 29.5 Å². The van der Waals surface area contributed by atoms with Crippen molar-refractivity contribution in [2.45, 2.75) is 0 Å². The normalized spacial score (nSPS) is 10.3. The Kier molecular flexibility index (Phi) is 3.57. The second-order valence-corrected chi connectivity index (χ2v) is 4.57. The Balaban J connectivity index is 1.82. The summed E-state index contributed by atoms with van der Waals surface area (Å²) in [5.41, 5.74) is 1.58. The van der Waals surface area contributed by atoms with Crippen molar-refractivity contribution < 1.29 is 4.79 Å². The number of aromatic amines is 1. The SMILES string of the molecule is O=C(Nc1cccc(-c2nn[nH]n2)c1)c1cc(Cl)ccn1. The van der Waals surface area contributed by atoms with E-state index in [1.807, 2.05) is 6.07 Å². The minimum atomic E-state index is -0.345. The number of nitrogens with zero attached hydrogens (tertiary/aromatic N) is 4. The minimum absolute atomic E-state index is 0.243. The van der Waals surface area contributed by atoms with E-state index in [2.05, 4.69) is 30.9 Å². The van der Waals surface area contributed by atoms with Crippen molar-refractivity contribution in [1.82, 2.24) is 25.6 Å². The summed E-state index contributed by atoms with van der Waals surface area (Å²) in [7, 11) is 0. The predicted octanol–water partition coefficient (Wildman–Crippen LogP) is 2.17. The Labute approximate surface area is 124 Å². The Hall–Kier alpha value is -2.80. The van der Waals surface area contributed by atoms with Gasteiger partial charge >= 0.3 is 0 Å². The molecule has 8 heteroatoms. The summed E-state index contributed by atoms with van der Waals surface area (Å²) in [4.78, 5) is 16.1. The number of nitrogens with one attached hydrogen (secondary N) is 2. The minimum Gasteiger partial charge on any atom is -0.321 e. The Morgan fingerprint density at radius 3 is 2.90 bits per heavy atom. The summed E-state index contributed by atoms with van der Waals surface area (Å²) < 4.78 is 0. The molecule has 0 atom stereocenters. The van der Waals surface area contributed by atoms with Gasteiger partial charge in [-0.25, -0.2) is 0 Å². The first-order chi connectivity index (χ1) is 10.2. The molecule has 0 aliphatic carbocycles. The van der Waals surface area contributed by atoms with Crippen LogP contribution in [0, 0.1) is 0 Å². The Bertz CT molecular complexity index is 774. The zero-order chi connectivity index (χ0) is 14.7. The first kappa shape index (κ1) is 13.2. The lowest BCUT2D eigenvalue weighted by Gasteiger charge is -2.05. The van der Waals surface area contributed by atoms with Crippen molar-refractivity contribution in [2.24, 2.45) is 0 Å². The highest BCUT2D eigenvalue weighted by Crippen LogP contribution is 2.19. The van der Waals surface area contributed by atoms with Gasteiger partial charge in [0.05, 0.1) is 0 Å². The smallest absolute Gasteiger partial charge is 0.274 e. The van der Waals surface area contributed by atoms with E-state index in [-0.39, 0.29) is 11.6 Å². The zero-order valence-electron chi connectivity index (χ0n) is 10.6. The van der Waals surface area contributed by atoms with Gasteiger partial charge in [0.25, 0.3) is 5.91 Å². The zero-order valence-corrected chi connectivity index (χ0v) is 11.4. The maximum absolute atomic E-state index is 12.1. The fourth-order valence-corrected chi connectivity index (χ4v) is 1.90. The number of carbonyl (C=O) groups excluding carboxylic acids is 1. The summed E-state index contributed by atoms with van der Waals surface area (Å²) in [5.74, 6) is 0.106. The van der Waals surface area contributed by atoms with Gasteiger partial charge in [0, 0.05) is 22.5 Å². The molecular weight excluding hydrogens is 292 g/mol. The van der Waals surface area contributed by atoms with Crippen LogP contribution < -0.4 is 5.32 Å². The molecule has 0 fully saturated rings. The highest BCUT2D eigenvalue weighted by Gasteiger charge is 2.09. The van der Waals surface area contributed by atoms with Crippen LogP contribution in [0.25, 0.3) is 11.4 Å². The van der Waals surface area contributed by atoms with E-state index in [4.69, 9.17) is 11.6 Å². The van der Waals surface area contributed by atoms with Gasteiger partial charge < -0.3 is 5.32 Å². The maximum Gasteiger partial charge on any atom is 0.274 e. The van der Waals surface area contributed by atoms with Crippen molar-refractivity contribution in [3.8, 4) is 11.4 Å². The predicted molar refractivity (Wildman–Crippen MR) is 76.8 cm³/mol. The van der Waals surface area contributed by atoms with Crippen molar-refractivity contribution in [3.63, 3.8) is 0 Å². The van der Waals surface area contributed by atoms with Gasteiger partial charge in [0.1, 0.15) is 5.69 Å². The van der Waals surface area contributed by atoms with Crippen LogP contribution in [0.5, 0.6) is 0 Å². The van der Waals surface area contributed by atoms with Crippen molar-refractivity contribution >= 4 is 23.2 Å². The molecule has 0 radical (unpaired) electrons. The number of halogens is 1. The number of hydrogen-bond acceptors (Lipinski definition) is 5. The maximum atomic E-state index is 12.1. The molecule has 1 aromatic carbocycles. The Morgan fingerprint density at radius 2 is 2.14 bits per heavy atom. The largest absolute Gasteiger partial charge is 0.321 e. The van der Waals surface area contributed by atoms with Crippen molar-refractivity contribution in [3.05, 3.63) is 53.3 Å². The van der Waals surface area contributed by atoms with Crippen LogP contribution in [-0.2, 0) is 0 Å². The molecular formula is C13H9ClN6O. The summed E-state index contributed by atoms with van der Waals surface area (Å²) in [6.45, 7) is 0. The van der Waals surface area contributed by atoms with Crippen LogP contribution in [0.15, 0.2) is 42.6 Å².